The van der Waals surface area contributed by atoms with Crippen LogP contribution >= 0.6 is 15.9 Å². The van der Waals surface area contributed by atoms with Crippen molar-refractivity contribution in [3.05, 3.63) is 24.0 Å². The van der Waals surface area contributed by atoms with E-state index in [1.807, 2.05) is 12.2 Å². The standard InChI is InChI=1S/C12H17BrO3S/c13-11-3-1-2-4-12(11)16-9-10-5-7-17(14,15)8-6-10/h1-2,4,10-11H,3,5-9H2. The molecule has 0 aromatic carbocycles. The van der Waals surface area contributed by atoms with Gasteiger partial charge in [0.2, 0.25) is 0 Å². The van der Waals surface area contributed by atoms with Crippen molar-refractivity contribution in [2.45, 2.75) is 24.1 Å². The van der Waals surface area contributed by atoms with Crippen molar-refractivity contribution in [3.8, 4) is 0 Å². The van der Waals surface area contributed by atoms with E-state index >= 15 is 0 Å². The average molecular weight is 321 g/mol. The van der Waals surface area contributed by atoms with Crippen molar-refractivity contribution in [1.82, 2.24) is 0 Å². The minimum atomic E-state index is -2.76. The monoisotopic (exact) mass is 320 g/mol. The fraction of sp³-hybridized carbons (Fsp3) is 0.667. The van der Waals surface area contributed by atoms with Gasteiger partial charge in [-0.25, -0.2) is 8.42 Å². The highest BCUT2D eigenvalue weighted by Gasteiger charge is 2.24. The molecule has 96 valence electrons. The fourth-order valence-corrected chi connectivity index (χ4v) is 4.13. The van der Waals surface area contributed by atoms with E-state index in [0.717, 1.165) is 25.0 Å². The Kier molecular flexibility index (Phi) is 4.31. The van der Waals surface area contributed by atoms with E-state index in [4.69, 9.17) is 4.74 Å². The highest BCUT2D eigenvalue weighted by molar-refractivity contribution is 9.09. The summed E-state index contributed by atoms with van der Waals surface area (Å²) in [4.78, 5) is 0.264. The van der Waals surface area contributed by atoms with Crippen LogP contribution in [0.1, 0.15) is 19.3 Å². The van der Waals surface area contributed by atoms with Gasteiger partial charge in [0, 0.05) is 0 Å². The maximum atomic E-state index is 11.3. The van der Waals surface area contributed by atoms with Gasteiger partial charge in [0.25, 0.3) is 0 Å². The predicted molar refractivity (Wildman–Crippen MR) is 71.9 cm³/mol. The number of alkyl halides is 1. The molecule has 2 rings (SSSR count). The molecule has 1 aliphatic carbocycles. The summed E-state index contributed by atoms with van der Waals surface area (Å²) in [6.45, 7) is 0.636. The van der Waals surface area contributed by atoms with Gasteiger partial charge < -0.3 is 4.74 Å². The summed E-state index contributed by atoms with van der Waals surface area (Å²) in [6.07, 6.45) is 8.49. The molecule has 1 heterocycles. The van der Waals surface area contributed by atoms with Crippen LogP contribution in [0.5, 0.6) is 0 Å². The van der Waals surface area contributed by atoms with E-state index < -0.39 is 9.84 Å². The molecule has 0 N–H and O–H groups in total. The summed E-state index contributed by atoms with van der Waals surface area (Å²) >= 11 is 3.56. The lowest BCUT2D eigenvalue weighted by Crippen LogP contribution is -2.26. The molecule has 17 heavy (non-hydrogen) atoms. The van der Waals surface area contributed by atoms with E-state index in [2.05, 4.69) is 22.0 Å². The van der Waals surface area contributed by atoms with Crippen LogP contribution in [-0.4, -0.2) is 31.4 Å². The number of halogens is 1. The summed E-state index contributed by atoms with van der Waals surface area (Å²) in [6, 6.07) is 0. The quantitative estimate of drug-likeness (QED) is 0.750. The lowest BCUT2D eigenvalue weighted by Gasteiger charge is -2.24. The van der Waals surface area contributed by atoms with Gasteiger partial charge in [-0.3, -0.25) is 0 Å². The largest absolute Gasteiger partial charge is 0.496 e. The molecule has 2 aliphatic rings. The fourth-order valence-electron chi connectivity index (χ4n) is 2.04. The average Bonchev–Trinajstić information content (AvgIpc) is 2.30. The van der Waals surface area contributed by atoms with Crippen LogP contribution < -0.4 is 0 Å². The predicted octanol–water partition coefficient (Wildman–Crippen LogP) is 2.44. The number of allylic oxidation sites excluding steroid dienone is 4. The van der Waals surface area contributed by atoms with Gasteiger partial charge >= 0.3 is 0 Å². The first kappa shape index (κ1) is 13.1. The Morgan fingerprint density at radius 3 is 2.71 bits per heavy atom. The van der Waals surface area contributed by atoms with Crippen molar-refractivity contribution in [3.63, 3.8) is 0 Å². The van der Waals surface area contributed by atoms with Crippen molar-refractivity contribution >= 4 is 25.8 Å². The Bertz CT molecular complexity index is 411. The molecule has 0 spiro atoms. The first-order valence-electron chi connectivity index (χ1n) is 5.91. The lowest BCUT2D eigenvalue weighted by molar-refractivity contribution is 0.154. The van der Waals surface area contributed by atoms with E-state index in [0.29, 0.717) is 24.0 Å². The second-order valence-corrected chi connectivity index (χ2v) is 8.02. The number of hydrogen-bond donors (Lipinski definition) is 0. The highest BCUT2D eigenvalue weighted by Crippen LogP contribution is 2.25. The van der Waals surface area contributed by atoms with Gasteiger partial charge in [-0.2, -0.15) is 0 Å². The normalized spacial score (nSPS) is 28.8. The first-order chi connectivity index (χ1) is 8.07. The topological polar surface area (TPSA) is 43.4 Å². The number of sulfone groups is 1. The zero-order chi connectivity index (χ0) is 12.3. The summed E-state index contributed by atoms with van der Waals surface area (Å²) in [7, 11) is -2.76. The molecule has 1 atom stereocenters. The zero-order valence-corrected chi connectivity index (χ0v) is 12.0. The van der Waals surface area contributed by atoms with Gasteiger partial charge in [0.05, 0.1) is 22.9 Å². The van der Waals surface area contributed by atoms with Gasteiger partial charge in [-0.15, -0.1) is 0 Å². The number of hydrogen-bond acceptors (Lipinski definition) is 3. The third-order valence-electron chi connectivity index (χ3n) is 3.21. The lowest BCUT2D eigenvalue weighted by atomic mass is 10.0. The van der Waals surface area contributed by atoms with E-state index in [1.54, 1.807) is 0 Å². The van der Waals surface area contributed by atoms with Crippen molar-refractivity contribution < 1.29 is 13.2 Å². The summed E-state index contributed by atoms with van der Waals surface area (Å²) in [5.41, 5.74) is 0. The van der Waals surface area contributed by atoms with Crippen LogP contribution in [0.25, 0.3) is 0 Å². The summed E-state index contributed by atoms with van der Waals surface area (Å²) in [5.74, 6) is 1.97. The van der Waals surface area contributed by atoms with Crippen LogP contribution in [0, 0.1) is 5.92 Å². The van der Waals surface area contributed by atoms with E-state index in [-0.39, 0.29) is 4.83 Å². The number of ether oxygens (including phenoxy) is 1. The molecule has 0 bridgehead atoms. The molecule has 1 aliphatic heterocycles. The van der Waals surface area contributed by atoms with Gasteiger partial charge in [-0.1, -0.05) is 28.1 Å². The van der Waals surface area contributed by atoms with Gasteiger partial charge in [-0.05, 0) is 31.3 Å². The second-order valence-electron chi connectivity index (χ2n) is 4.61. The third kappa shape index (κ3) is 3.85. The summed E-state index contributed by atoms with van der Waals surface area (Å²) in [5, 5.41) is 0. The maximum absolute atomic E-state index is 11.3. The Hall–Kier alpha value is -0.290. The van der Waals surface area contributed by atoms with E-state index in [9.17, 15) is 8.42 Å². The van der Waals surface area contributed by atoms with E-state index in [1.165, 1.54) is 0 Å². The van der Waals surface area contributed by atoms with Crippen LogP contribution in [0.3, 0.4) is 0 Å². The third-order valence-corrected chi connectivity index (χ3v) is 5.75. The van der Waals surface area contributed by atoms with Crippen molar-refractivity contribution in [2.24, 2.45) is 5.92 Å². The smallest absolute Gasteiger partial charge is 0.150 e. The Balaban J connectivity index is 1.80. The molecule has 1 unspecified atom stereocenters. The van der Waals surface area contributed by atoms with Gasteiger partial charge in [0.1, 0.15) is 15.6 Å². The van der Waals surface area contributed by atoms with Crippen LogP contribution in [-0.2, 0) is 14.6 Å². The molecular formula is C12H17BrO3S. The molecule has 1 saturated heterocycles. The molecular weight excluding hydrogens is 304 g/mol. The second kappa shape index (κ2) is 5.57. The Morgan fingerprint density at radius 1 is 1.35 bits per heavy atom. The van der Waals surface area contributed by atoms with Crippen molar-refractivity contribution in [2.75, 3.05) is 18.1 Å². The molecule has 0 saturated carbocycles. The molecule has 3 nitrogen and oxygen atoms in total. The Labute approximate surface area is 111 Å². The highest BCUT2D eigenvalue weighted by atomic mass is 79.9. The van der Waals surface area contributed by atoms with Crippen LogP contribution in [0.15, 0.2) is 24.0 Å². The number of rotatable bonds is 3. The minimum Gasteiger partial charge on any atom is -0.496 e. The molecule has 0 aromatic rings. The van der Waals surface area contributed by atoms with Gasteiger partial charge in [0.15, 0.2) is 0 Å². The molecule has 0 radical (unpaired) electrons. The summed E-state index contributed by atoms with van der Waals surface area (Å²) < 4.78 is 28.3. The SMILES string of the molecule is O=S1(=O)CCC(COC2=CC=CCC2Br)CC1. The van der Waals surface area contributed by atoms with Crippen LogP contribution in [0.4, 0.5) is 0 Å². The Morgan fingerprint density at radius 2 is 2.06 bits per heavy atom. The maximum Gasteiger partial charge on any atom is 0.150 e. The molecule has 5 heteroatoms. The first-order valence-corrected chi connectivity index (χ1v) is 8.64. The van der Waals surface area contributed by atoms with Crippen molar-refractivity contribution in [1.29, 1.82) is 0 Å². The molecule has 0 amide bonds. The zero-order valence-electron chi connectivity index (χ0n) is 9.64. The van der Waals surface area contributed by atoms with Crippen LogP contribution in [0.2, 0.25) is 0 Å². The molecule has 1 fully saturated rings. The minimum absolute atomic E-state index is 0.264. The molecule has 0 aromatic heterocycles.